The second-order valence-corrected chi connectivity index (χ2v) is 2.49. The van der Waals surface area contributed by atoms with E-state index in [1.165, 1.54) is 6.42 Å². The molecular weight excluding hydrogens is 156 g/mol. The van der Waals surface area contributed by atoms with E-state index in [1.807, 2.05) is 6.92 Å². The summed E-state index contributed by atoms with van der Waals surface area (Å²) in [6.07, 6.45) is 2.58. The second kappa shape index (κ2) is 22.4. The Morgan fingerprint density at radius 3 is 1.50 bits per heavy atom. The van der Waals surface area contributed by atoms with Gasteiger partial charge in [-0.1, -0.05) is 40.5 Å². The molecule has 74 valence electrons. The zero-order chi connectivity index (χ0) is 10.4. The fourth-order valence-electron chi connectivity index (χ4n) is 0.129. The second-order valence-electron chi connectivity index (χ2n) is 2.49. The normalized spacial score (nSPS) is 9.42. The highest BCUT2D eigenvalue weighted by Crippen LogP contribution is 1.95. The molecule has 0 aromatic carbocycles. The van der Waals surface area contributed by atoms with Crippen molar-refractivity contribution in [3.63, 3.8) is 0 Å². The van der Waals surface area contributed by atoms with Crippen molar-refractivity contribution in [2.45, 2.75) is 40.5 Å². The van der Waals surface area contributed by atoms with E-state index in [-0.39, 0.29) is 6.15 Å². The third-order valence-corrected chi connectivity index (χ3v) is 1.01. The number of aliphatic hydroxyl groups is 1. The molecule has 0 heterocycles. The van der Waals surface area contributed by atoms with Crippen LogP contribution >= 0.6 is 0 Å². The molecular formula is C9H20O3. The molecule has 1 unspecified atom stereocenters. The van der Waals surface area contributed by atoms with E-state index in [4.69, 9.17) is 14.7 Å². The van der Waals surface area contributed by atoms with Crippen LogP contribution in [-0.4, -0.2) is 17.9 Å². The van der Waals surface area contributed by atoms with Gasteiger partial charge in [0.25, 0.3) is 0 Å². The van der Waals surface area contributed by atoms with Crippen molar-refractivity contribution in [2.24, 2.45) is 5.92 Å². The van der Waals surface area contributed by atoms with Gasteiger partial charge < -0.3 is 5.11 Å². The fraction of sp³-hybridized carbons (Fsp3) is 0.889. The maximum absolute atomic E-state index is 8.33. The van der Waals surface area contributed by atoms with E-state index in [0.717, 1.165) is 6.42 Å². The molecule has 0 fully saturated rings. The molecule has 0 aromatic rings. The SMILES string of the molecule is CCC.CCC(C)CO.O=C=O. The van der Waals surface area contributed by atoms with Crippen LogP contribution in [0.4, 0.5) is 0 Å². The molecule has 0 aliphatic heterocycles. The van der Waals surface area contributed by atoms with Crippen molar-refractivity contribution in [1.82, 2.24) is 0 Å². The molecule has 0 saturated heterocycles. The van der Waals surface area contributed by atoms with Gasteiger partial charge >= 0.3 is 6.15 Å². The third kappa shape index (κ3) is 58.2. The van der Waals surface area contributed by atoms with Gasteiger partial charge in [-0.25, -0.2) is 0 Å². The fourth-order valence-corrected chi connectivity index (χ4v) is 0.129. The van der Waals surface area contributed by atoms with Crippen LogP contribution < -0.4 is 0 Å². The molecule has 3 nitrogen and oxygen atoms in total. The number of rotatable bonds is 2. The Morgan fingerprint density at radius 2 is 1.50 bits per heavy atom. The molecule has 0 aliphatic carbocycles. The first-order valence-electron chi connectivity index (χ1n) is 4.24. The number of aliphatic hydroxyl groups excluding tert-OH is 1. The highest BCUT2D eigenvalue weighted by molar-refractivity contribution is 5.20. The highest BCUT2D eigenvalue weighted by atomic mass is 16.3. The van der Waals surface area contributed by atoms with Gasteiger partial charge in [-0.2, -0.15) is 9.59 Å². The van der Waals surface area contributed by atoms with Crippen LogP contribution in [0.25, 0.3) is 0 Å². The quantitative estimate of drug-likeness (QED) is 0.698. The summed E-state index contributed by atoms with van der Waals surface area (Å²) in [5, 5.41) is 8.33. The van der Waals surface area contributed by atoms with Gasteiger partial charge in [0.1, 0.15) is 0 Å². The lowest BCUT2D eigenvalue weighted by Gasteiger charge is -1.98. The standard InChI is InChI=1S/C5H12O.C3H8.CO2/c1-3-5(2)4-6;1-3-2;2-1-3/h5-6H,3-4H2,1-2H3;3H2,1-2H3;. The Morgan fingerprint density at radius 1 is 1.25 bits per heavy atom. The summed E-state index contributed by atoms with van der Waals surface area (Å²) in [6, 6.07) is 0. The zero-order valence-corrected chi connectivity index (χ0v) is 8.46. The minimum Gasteiger partial charge on any atom is -0.396 e. The van der Waals surface area contributed by atoms with E-state index in [2.05, 4.69) is 20.8 Å². The maximum atomic E-state index is 8.33. The van der Waals surface area contributed by atoms with Gasteiger partial charge in [-0.05, 0) is 5.92 Å². The first kappa shape index (κ1) is 17.4. The molecule has 0 bridgehead atoms. The van der Waals surface area contributed by atoms with E-state index in [9.17, 15) is 0 Å². The average molecular weight is 176 g/mol. The monoisotopic (exact) mass is 176 g/mol. The van der Waals surface area contributed by atoms with Crippen LogP contribution in [0.5, 0.6) is 0 Å². The summed E-state index contributed by atoms with van der Waals surface area (Å²) in [7, 11) is 0. The van der Waals surface area contributed by atoms with E-state index in [0.29, 0.717) is 12.5 Å². The van der Waals surface area contributed by atoms with Gasteiger partial charge in [0.2, 0.25) is 0 Å². The average Bonchev–Trinajstić information content (AvgIpc) is 2.06. The van der Waals surface area contributed by atoms with Crippen molar-refractivity contribution in [2.75, 3.05) is 6.61 Å². The number of carbonyl (C=O) groups excluding carboxylic acids is 2. The highest BCUT2D eigenvalue weighted by Gasteiger charge is 1.90. The van der Waals surface area contributed by atoms with Gasteiger partial charge in [0, 0.05) is 6.61 Å². The van der Waals surface area contributed by atoms with Crippen LogP contribution in [-0.2, 0) is 9.59 Å². The molecule has 1 atom stereocenters. The lowest BCUT2D eigenvalue weighted by molar-refractivity contribution is -0.191. The van der Waals surface area contributed by atoms with Gasteiger partial charge in [-0.15, -0.1) is 0 Å². The van der Waals surface area contributed by atoms with E-state index < -0.39 is 0 Å². The molecule has 0 saturated carbocycles. The predicted molar refractivity (Wildman–Crippen MR) is 47.5 cm³/mol. The van der Waals surface area contributed by atoms with Crippen molar-refractivity contribution < 1.29 is 14.7 Å². The largest absolute Gasteiger partial charge is 0.396 e. The Labute approximate surface area is 74.8 Å². The molecule has 0 aliphatic rings. The summed E-state index contributed by atoms with van der Waals surface area (Å²) in [4.78, 5) is 16.2. The van der Waals surface area contributed by atoms with Crippen LogP contribution in [0.2, 0.25) is 0 Å². The van der Waals surface area contributed by atoms with Crippen molar-refractivity contribution in [3.05, 3.63) is 0 Å². The van der Waals surface area contributed by atoms with Crippen molar-refractivity contribution in [3.8, 4) is 0 Å². The summed E-state index contributed by atoms with van der Waals surface area (Å²) in [6.45, 7) is 8.68. The van der Waals surface area contributed by atoms with Gasteiger partial charge in [-0.3, -0.25) is 0 Å². The summed E-state index contributed by atoms with van der Waals surface area (Å²) < 4.78 is 0. The van der Waals surface area contributed by atoms with Crippen LogP contribution in [0.3, 0.4) is 0 Å². The first-order valence-corrected chi connectivity index (χ1v) is 4.24. The predicted octanol–water partition coefficient (Wildman–Crippen LogP) is 1.86. The molecule has 0 aromatic heterocycles. The maximum Gasteiger partial charge on any atom is 0.373 e. The van der Waals surface area contributed by atoms with Crippen LogP contribution in [0, 0.1) is 5.92 Å². The molecule has 0 amide bonds. The Kier molecular flexibility index (Phi) is 32.6. The van der Waals surface area contributed by atoms with Gasteiger partial charge in [0.05, 0.1) is 0 Å². The molecule has 12 heavy (non-hydrogen) atoms. The lowest BCUT2D eigenvalue weighted by Crippen LogP contribution is -1.96. The van der Waals surface area contributed by atoms with E-state index in [1.54, 1.807) is 0 Å². The minimum absolute atomic E-state index is 0.250. The summed E-state index contributed by atoms with van der Waals surface area (Å²) >= 11 is 0. The van der Waals surface area contributed by atoms with Crippen LogP contribution in [0.15, 0.2) is 0 Å². The number of hydrogen-bond acceptors (Lipinski definition) is 3. The summed E-state index contributed by atoms with van der Waals surface area (Å²) in [5.41, 5.74) is 0. The Hall–Kier alpha value is -0.660. The molecule has 3 heteroatoms. The molecule has 0 rings (SSSR count). The number of hydrogen-bond donors (Lipinski definition) is 1. The van der Waals surface area contributed by atoms with Gasteiger partial charge in [0.15, 0.2) is 0 Å². The first-order chi connectivity index (χ1) is 5.64. The molecule has 0 spiro atoms. The van der Waals surface area contributed by atoms with E-state index >= 15 is 0 Å². The zero-order valence-electron chi connectivity index (χ0n) is 8.46. The van der Waals surface area contributed by atoms with Crippen LogP contribution in [0.1, 0.15) is 40.5 Å². The molecule has 0 radical (unpaired) electrons. The lowest BCUT2D eigenvalue weighted by atomic mass is 10.1. The Balaban J connectivity index is -0.000000115. The topological polar surface area (TPSA) is 54.4 Å². The van der Waals surface area contributed by atoms with Crippen molar-refractivity contribution >= 4 is 6.15 Å². The Bertz CT molecular complexity index is 81.8. The minimum atomic E-state index is 0.250. The van der Waals surface area contributed by atoms with Crippen molar-refractivity contribution in [1.29, 1.82) is 0 Å². The smallest absolute Gasteiger partial charge is 0.373 e. The summed E-state index contributed by atoms with van der Waals surface area (Å²) in [5.74, 6) is 0.491. The third-order valence-electron chi connectivity index (χ3n) is 1.01. The molecule has 1 N–H and O–H groups in total.